The SMILES string of the molecule is COc1ccc(CC(=O)N2CCC(Oc3cc(N4CCCCC4)ncn3)C2)cc1. The van der Waals surface area contributed by atoms with Crippen molar-refractivity contribution in [3.8, 4) is 11.6 Å². The number of ether oxygens (including phenoxy) is 2. The zero-order valence-electron chi connectivity index (χ0n) is 16.9. The molecule has 4 rings (SSSR count). The second kappa shape index (κ2) is 9.11. The Hall–Kier alpha value is -2.83. The van der Waals surface area contributed by atoms with E-state index in [4.69, 9.17) is 9.47 Å². The number of piperidine rings is 1. The van der Waals surface area contributed by atoms with Crippen LogP contribution in [0.15, 0.2) is 36.7 Å². The molecule has 0 spiro atoms. The Balaban J connectivity index is 1.31. The molecule has 2 aliphatic rings. The van der Waals surface area contributed by atoms with Gasteiger partial charge in [0.1, 0.15) is 24.0 Å². The van der Waals surface area contributed by atoms with Gasteiger partial charge in [-0.2, -0.15) is 0 Å². The summed E-state index contributed by atoms with van der Waals surface area (Å²) in [6.07, 6.45) is 6.44. The van der Waals surface area contributed by atoms with Gasteiger partial charge in [0.05, 0.1) is 20.1 Å². The number of hydrogen-bond donors (Lipinski definition) is 0. The van der Waals surface area contributed by atoms with Crippen LogP contribution in [0, 0.1) is 0 Å². The van der Waals surface area contributed by atoms with Crippen LogP contribution < -0.4 is 14.4 Å². The van der Waals surface area contributed by atoms with Gasteiger partial charge in [-0.3, -0.25) is 4.79 Å². The lowest BCUT2D eigenvalue weighted by molar-refractivity contribution is -0.129. The summed E-state index contributed by atoms with van der Waals surface area (Å²) in [6, 6.07) is 9.56. The maximum atomic E-state index is 12.6. The van der Waals surface area contributed by atoms with Crippen molar-refractivity contribution in [3.63, 3.8) is 0 Å². The van der Waals surface area contributed by atoms with Crippen molar-refractivity contribution in [2.24, 2.45) is 0 Å². The topological polar surface area (TPSA) is 67.8 Å². The predicted octanol–water partition coefficient (Wildman–Crippen LogP) is 2.70. The Labute approximate surface area is 171 Å². The predicted molar refractivity (Wildman–Crippen MR) is 110 cm³/mol. The van der Waals surface area contributed by atoms with Crippen molar-refractivity contribution in [3.05, 3.63) is 42.2 Å². The number of hydrogen-bond acceptors (Lipinski definition) is 6. The standard InChI is InChI=1S/C22H28N4O3/c1-28-18-7-5-17(6-8-18)13-22(27)26-12-9-19(15-26)29-21-14-20(23-16-24-21)25-10-3-2-4-11-25/h5-8,14,16,19H,2-4,9-13,15H2,1H3. The minimum Gasteiger partial charge on any atom is -0.497 e. The molecule has 0 radical (unpaired) electrons. The van der Waals surface area contributed by atoms with Gasteiger partial charge < -0.3 is 19.3 Å². The lowest BCUT2D eigenvalue weighted by Gasteiger charge is -2.27. The molecule has 0 bridgehead atoms. The zero-order chi connectivity index (χ0) is 20.1. The van der Waals surface area contributed by atoms with Crippen LogP contribution in [-0.4, -0.2) is 60.2 Å². The number of methoxy groups -OCH3 is 1. The summed E-state index contributed by atoms with van der Waals surface area (Å²) in [6.45, 7) is 3.38. The van der Waals surface area contributed by atoms with E-state index in [0.717, 1.165) is 36.6 Å². The van der Waals surface area contributed by atoms with Gasteiger partial charge in [0.25, 0.3) is 0 Å². The average molecular weight is 396 g/mol. The summed E-state index contributed by atoms with van der Waals surface area (Å²) in [5.74, 6) is 2.44. The van der Waals surface area contributed by atoms with Gasteiger partial charge in [-0.1, -0.05) is 12.1 Å². The average Bonchev–Trinajstić information content (AvgIpc) is 3.24. The first-order valence-corrected chi connectivity index (χ1v) is 10.4. The van der Waals surface area contributed by atoms with Gasteiger partial charge in [0.2, 0.25) is 11.8 Å². The van der Waals surface area contributed by atoms with E-state index in [9.17, 15) is 4.79 Å². The third-order valence-corrected chi connectivity index (χ3v) is 5.61. The quantitative estimate of drug-likeness (QED) is 0.748. The van der Waals surface area contributed by atoms with E-state index >= 15 is 0 Å². The van der Waals surface area contributed by atoms with Crippen molar-refractivity contribution in [2.75, 3.05) is 38.2 Å². The third-order valence-electron chi connectivity index (χ3n) is 5.61. The molecule has 1 aromatic heterocycles. The first-order chi connectivity index (χ1) is 14.2. The van der Waals surface area contributed by atoms with Crippen molar-refractivity contribution < 1.29 is 14.3 Å². The normalized spacial score (nSPS) is 19.3. The van der Waals surface area contributed by atoms with Crippen LogP contribution in [0.3, 0.4) is 0 Å². The van der Waals surface area contributed by atoms with E-state index in [1.165, 1.54) is 19.3 Å². The van der Waals surface area contributed by atoms with E-state index in [0.29, 0.717) is 25.4 Å². The minimum absolute atomic E-state index is 0.0288. The number of amides is 1. The van der Waals surface area contributed by atoms with E-state index in [-0.39, 0.29) is 12.0 Å². The van der Waals surface area contributed by atoms with E-state index in [2.05, 4.69) is 14.9 Å². The van der Waals surface area contributed by atoms with Gasteiger partial charge in [0.15, 0.2) is 0 Å². The summed E-state index contributed by atoms with van der Waals surface area (Å²) in [5.41, 5.74) is 0.988. The highest BCUT2D eigenvalue weighted by Gasteiger charge is 2.28. The number of aromatic nitrogens is 2. The van der Waals surface area contributed by atoms with Gasteiger partial charge in [0, 0.05) is 32.1 Å². The number of carbonyl (C=O) groups is 1. The van der Waals surface area contributed by atoms with Crippen LogP contribution in [0.1, 0.15) is 31.2 Å². The summed E-state index contributed by atoms with van der Waals surface area (Å²) < 4.78 is 11.2. The second-order valence-corrected chi connectivity index (χ2v) is 7.66. The van der Waals surface area contributed by atoms with Gasteiger partial charge >= 0.3 is 0 Å². The molecule has 0 aliphatic carbocycles. The maximum Gasteiger partial charge on any atom is 0.227 e. The number of likely N-dealkylation sites (tertiary alicyclic amines) is 1. The number of nitrogens with zero attached hydrogens (tertiary/aromatic N) is 4. The fourth-order valence-corrected chi connectivity index (χ4v) is 3.94. The van der Waals surface area contributed by atoms with Crippen LogP contribution in [0.4, 0.5) is 5.82 Å². The molecule has 2 aliphatic heterocycles. The van der Waals surface area contributed by atoms with E-state index in [1.807, 2.05) is 35.2 Å². The third kappa shape index (κ3) is 4.96. The first-order valence-electron chi connectivity index (χ1n) is 10.4. The summed E-state index contributed by atoms with van der Waals surface area (Å²) >= 11 is 0. The highest BCUT2D eigenvalue weighted by atomic mass is 16.5. The zero-order valence-corrected chi connectivity index (χ0v) is 16.9. The molecule has 1 aromatic carbocycles. The molecular weight excluding hydrogens is 368 g/mol. The Morgan fingerprint density at radius 2 is 1.90 bits per heavy atom. The highest BCUT2D eigenvalue weighted by Crippen LogP contribution is 2.23. The molecule has 3 heterocycles. The first kappa shape index (κ1) is 19.5. The molecule has 2 saturated heterocycles. The molecule has 154 valence electrons. The summed E-state index contributed by atoms with van der Waals surface area (Å²) in [5, 5.41) is 0. The lowest BCUT2D eigenvalue weighted by Crippen LogP contribution is -2.32. The van der Waals surface area contributed by atoms with E-state index < -0.39 is 0 Å². The molecule has 0 saturated carbocycles. The van der Waals surface area contributed by atoms with Crippen LogP contribution >= 0.6 is 0 Å². The lowest BCUT2D eigenvalue weighted by atomic mass is 10.1. The Bertz CT molecular complexity index is 821. The van der Waals surface area contributed by atoms with Crippen molar-refractivity contribution in [1.82, 2.24) is 14.9 Å². The van der Waals surface area contributed by atoms with Crippen molar-refractivity contribution in [2.45, 2.75) is 38.2 Å². The smallest absolute Gasteiger partial charge is 0.227 e. The Kier molecular flexibility index (Phi) is 6.12. The molecule has 2 fully saturated rings. The number of benzene rings is 1. The molecule has 0 N–H and O–H groups in total. The van der Waals surface area contributed by atoms with Crippen LogP contribution in [0.5, 0.6) is 11.6 Å². The minimum atomic E-state index is -0.0288. The number of carbonyl (C=O) groups excluding carboxylic acids is 1. The fourth-order valence-electron chi connectivity index (χ4n) is 3.94. The largest absolute Gasteiger partial charge is 0.497 e. The van der Waals surface area contributed by atoms with Gasteiger partial charge in [-0.25, -0.2) is 9.97 Å². The fraction of sp³-hybridized carbons (Fsp3) is 0.500. The Morgan fingerprint density at radius 3 is 2.66 bits per heavy atom. The molecule has 29 heavy (non-hydrogen) atoms. The number of anilines is 1. The monoisotopic (exact) mass is 396 g/mol. The van der Waals surface area contributed by atoms with Crippen molar-refractivity contribution >= 4 is 11.7 Å². The molecule has 1 atom stereocenters. The van der Waals surface area contributed by atoms with Gasteiger partial charge in [-0.15, -0.1) is 0 Å². The van der Waals surface area contributed by atoms with Gasteiger partial charge in [-0.05, 0) is 37.0 Å². The van der Waals surface area contributed by atoms with Crippen LogP contribution in [-0.2, 0) is 11.2 Å². The van der Waals surface area contributed by atoms with Crippen LogP contribution in [0.2, 0.25) is 0 Å². The van der Waals surface area contributed by atoms with E-state index in [1.54, 1.807) is 13.4 Å². The molecule has 1 amide bonds. The summed E-state index contributed by atoms with van der Waals surface area (Å²) in [7, 11) is 1.64. The maximum absolute atomic E-state index is 12.6. The Morgan fingerprint density at radius 1 is 1.10 bits per heavy atom. The highest BCUT2D eigenvalue weighted by molar-refractivity contribution is 5.79. The van der Waals surface area contributed by atoms with Crippen molar-refractivity contribution in [1.29, 1.82) is 0 Å². The molecule has 7 heteroatoms. The number of rotatable bonds is 6. The molecule has 2 aromatic rings. The second-order valence-electron chi connectivity index (χ2n) is 7.66. The molecular formula is C22H28N4O3. The molecule has 7 nitrogen and oxygen atoms in total. The van der Waals surface area contributed by atoms with Crippen LogP contribution in [0.25, 0.3) is 0 Å². The summed E-state index contributed by atoms with van der Waals surface area (Å²) in [4.78, 5) is 25.5. The molecule has 1 unspecified atom stereocenters.